The summed E-state index contributed by atoms with van der Waals surface area (Å²) in [5, 5.41) is 0. The Kier molecular flexibility index (Phi) is 8.23. The molecular weight excluding hydrogens is 364 g/mol. The highest BCUT2D eigenvalue weighted by Crippen LogP contribution is 2.29. The lowest BCUT2D eigenvalue weighted by Crippen LogP contribution is -2.10. The first kappa shape index (κ1) is 23.7. The van der Waals surface area contributed by atoms with E-state index in [1.165, 1.54) is 27.8 Å². The molecule has 0 spiro atoms. The molecule has 0 atom stereocenters. The number of aliphatic imine (C=N–C) groups is 1. The normalized spacial score (nSPS) is 13.6. The van der Waals surface area contributed by atoms with Gasteiger partial charge in [-0.15, -0.1) is 0 Å². The average Bonchev–Trinajstić information content (AvgIpc) is 3.10. The summed E-state index contributed by atoms with van der Waals surface area (Å²) in [5.41, 5.74) is 7.73. The van der Waals surface area contributed by atoms with Crippen molar-refractivity contribution >= 4 is 5.84 Å². The van der Waals surface area contributed by atoms with Gasteiger partial charge in [0.15, 0.2) is 0 Å². The van der Waals surface area contributed by atoms with Crippen molar-refractivity contribution in [2.75, 3.05) is 7.05 Å². The topological polar surface area (TPSA) is 17.3 Å². The second kappa shape index (κ2) is 10.4. The molecule has 0 fully saturated rings. The molecule has 2 heteroatoms. The monoisotopic (exact) mass is 402 g/mol. The van der Waals surface area contributed by atoms with Gasteiger partial charge in [0.25, 0.3) is 0 Å². The first-order valence-corrected chi connectivity index (χ1v) is 11.0. The Morgan fingerprint density at radius 1 is 1.10 bits per heavy atom. The molecule has 1 aromatic carbocycles. The SMILES string of the molecule is C=CC(=C\C(=NC)n1cc(C)c(-c2ccc(C(C)(C)C)cc2)c1)/C(=C/CC)CCC. The van der Waals surface area contributed by atoms with Gasteiger partial charge in [-0.05, 0) is 59.1 Å². The molecule has 0 saturated carbocycles. The van der Waals surface area contributed by atoms with Crippen LogP contribution in [0.4, 0.5) is 0 Å². The van der Waals surface area contributed by atoms with E-state index in [1.54, 1.807) is 0 Å². The van der Waals surface area contributed by atoms with Gasteiger partial charge in [-0.1, -0.05) is 84.0 Å². The number of hydrogen-bond acceptors (Lipinski definition) is 1. The summed E-state index contributed by atoms with van der Waals surface area (Å²) in [5.74, 6) is 0.920. The van der Waals surface area contributed by atoms with E-state index in [1.807, 2.05) is 13.1 Å². The predicted molar refractivity (Wildman–Crippen MR) is 134 cm³/mol. The highest BCUT2D eigenvalue weighted by molar-refractivity contribution is 5.97. The van der Waals surface area contributed by atoms with E-state index in [0.29, 0.717) is 0 Å². The molecule has 2 rings (SSSR count). The highest BCUT2D eigenvalue weighted by atomic mass is 15.0. The van der Waals surface area contributed by atoms with Crippen LogP contribution in [0.3, 0.4) is 0 Å². The second-order valence-corrected chi connectivity index (χ2v) is 8.86. The van der Waals surface area contributed by atoms with Gasteiger partial charge in [0.2, 0.25) is 0 Å². The van der Waals surface area contributed by atoms with E-state index >= 15 is 0 Å². The quantitative estimate of drug-likeness (QED) is 0.254. The summed E-state index contributed by atoms with van der Waals surface area (Å²) in [4.78, 5) is 4.57. The van der Waals surface area contributed by atoms with Crippen LogP contribution >= 0.6 is 0 Å². The largest absolute Gasteiger partial charge is 0.308 e. The van der Waals surface area contributed by atoms with E-state index in [9.17, 15) is 0 Å². The highest BCUT2D eigenvalue weighted by Gasteiger charge is 2.14. The molecule has 0 radical (unpaired) electrons. The van der Waals surface area contributed by atoms with Crippen LogP contribution < -0.4 is 0 Å². The maximum absolute atomic E-state index is 4.57. The summed E-state index contributed by atoms with van der Waals surface area (Å²) in [6, 6.07) is 8.93. The number of rotatable bonds is 7. The van der Waals surface area contributed by atoms with Gasteiger partial charge in [0.05, 0.1) is 0 Å². The van der Waals surface area contributed by atoms with Crippen molar-refractivity contribution < 1.29 is 0 Å². The van der Waals surface area contributed by atoms with Crippen LogP contribution in [0.15, 0.2) is 77.6 Å². The lowest BCUT2D eigenvalue weighted by Gasteiger charge is -2.19. The Balaban J connectivity index is 2.42. The minimum absolute atomic E-state index is 0.162. The van der Waals surface area contributed by atoms with Gasteiger partial charge in [-0.2, -0.15) is 0 Å². The lowest BCUT2D eigenvalue weighted by molar-refractivity contribution is 0.590. The summed E-state index contributed by atoms with van der Waals surface area (Å²) in [6.07, 6.45) is 13.9. The number of hydrogen-bond donors (Lipinski definition) is 0. The third-order valence-electron chi connectivity index (χ3n) is 5.43. The fraction of sp³-hybridized carbons (Fsp3) is 0.393. The molecule has 1 aromatic heterocycles. The van der Waals surface area contributed by atoms with Crippen LogP contribution in [0.1, 0.15) is 65.0 Å². The van der Waals surface area contributed by atoms with Gasteiger partial charge >= 0.3 is 0 Å². The van der Waals surface area contributed by atoms with Gasteiger partial charge in [0.1, 0.15) is 5.84 Å². The molecule has 0 saturated heterocycles. The van der Waals surface area contributed by atoms with Crippen LogP contribution in [0.25, 0.3) is 11.1 Å². The predicted octanol–water partition coefficient (Wildman–Crippen LogP) is 7.89. The molecule has 2 nitrogen and oxygen atoms in total. The van der Waals surface area contributed by atoms with Crippen molar-refractivity contribution in [3.8, 4) is 11.1 Å². The number of allylic oxidation sites excluding steroid dienone is 5. The number of aryl methyl sites for hydroxylation is 1. The summed E-state index contributed by atoms with van der Waals surface area (Å²) in [6.45, 7) is 17.3. The molecule has 2 aromatic rings. The summed E-state index contributed by atoms with van der Waals surface area (Å²) >= 11 is 0. The molecule has 0 bridgehead atoms. The second-order valence-electron chi connectivity index (χ2n) is 8.86. The van der Waals surface area contributed by atoms with Gasteiger partial charge in [-0.3, -0.25) is 4.99 Å². The maximum atomic E-state index is 4.57. The average molecular weight is 403 g/mol. The van der Waals surface area contributed by atoms with E-state index in [4.69, 9.17) is 0 Å². The van der Waals surface area contributed by atoms with E-state index in [0.717, 1.165) is 30.7 Å². The molecule has 0 aliphatic carbocycles. The Hall–Kier alpha value is -2.61. The van der Waals surface area contributed by atoms with Crippen molar-refractivity contribution in [2.45, 2.75) is 66.2 Å². The van der Waals surface area contributed by atoms with Crippen molar-refractivity contribution in [3.05, 3.63) is 83.7 Å². The summed E-state index contributed by atoms with van der Waals surface area (Å²) in [7, 11) is 1.85. The smallest absolute Gasteiger partial charge is 0.131 e. The van der Waals surface area contributed by atoms with Crippen LogP contribution in [-0.2, 0) is 5.41 Å². The molecule has 0 N–H and O–H groups in total. The Labute approximate surface area is 183 Å². The van der Waals surface area contributed by atoms with Crippen LogP contribution in [0.2, 0.25) is 0 Å². The van der Waals surface area contributed by atoms with Crippen LogP contribution in [0, 0.1) is 6.92 Å². The van der Waals surface area contributed by atoms with Crippen molar-refractivity contribution in [1.82, 2.24) is 4.57 Å². The molecule has 160 valence electrons. The zero-order chi connectivity index (χ0) is 22.3. The third-order valence-corrected chi connectivity index (χ3v) is 5.43. The maximum Gasteiger partial charge on any atom is 0.131 e. The van der Waals surface area contributed by atoms with Crippen LogP contribution in [0.5, 0.6) is 0 Å². The molecule has 30 heavy (non-hydrogen) atoms. The molecular formula is C28H38N2. The van der Waals surface area contributed by atoms with E-state index in [-0.39, 0.29) is 5.41 Å². The van der Waals surface area contributed by atoms with Gasteiger partial charge in [-0.25, -0.2) is 0 Å². The van der Waals surface area contributed by atoms with Crippen molar-refractivity contribution in [3.63, 3.8) is 0 Å². The molecule has 1 heterocycles. The fourth-order valence-corrected chi connectivity index (χ4v) is 3.70. The van der Waals surface area contributed by atoms with E-state index in [2.05, 4.69) is 106 Å². The minimum atomic E-state index is 0.162. The Morgan fingerprint density at radius 2 is 1.77 bits per heavy atom. The Bertz CT molecular complexity index is 942. The lowest BCUT2D eigenvalue weighted by atomic mass is 9.86. The van der Waals surface area contributed by atoms with Crippen molar-refractivity contribution in [2.24, 2.45) is 4.99 Å². The number of nitrogens with zero attached hydrogens (tertiary/aromatic N) is 2. The Morgan fingerprint density at radius 3 is 2.27 bits per heavy atom. The molecule has 0 aliphatic heterocycles. The van der Waals surface area contributed by atoms with Gasteiger partial charge in [0, 0.05) is 25.0 Å². The van der Waals surface area contributed by atoms with Crippen LogP contribution in [-0.4, -0.2) is 17.5 Å². The standard InChI is InChI=1S/C28H38N2/c1-9-12-23(13-10-2)22(11-3)18-27(29-8)30-19-21(4)26(20-30)24-14-16-25(17-15-24)28(5,6)7/h11-12,14-20H,3,9-10,13H2,1-2,4-8H3/b22-18+,23-12+,29-27?. The fourth-order valence-electron chi connectivity index (χ4n) is 3.70. The number of benzene rings is 1. The minimum Gasteiger partial charge on any atom is -0.308 e. The zero-order valence-corrected chi connectivity index (χ0v) is 19.9. The summed E-state index contributed by atoms with van der Waals surface area (Å²) < 4.78 is 2.13. The third kappa shape index (κ3) is 5.72. The van der Waals surface area contributed by atoms with Gasteiger partial charge < -0.3 is 4.57 Å². The molecule has 0 amide bonds. The first-order valence-electron chi connectivity index (χ1n) is 11.0. The zero-order valence-electron chi connectivity index (χ0n) is 19.9. The van der Waals surface area contributed by atoms with Crippen molar-refractivity contribution in [1.29, 1.82) is 0 Å². The molecule has 0 unspecified atom stereocenters. The van der Waals surface area contributed by atoms with E-state index < -0.39 is 0 Å². The molecule has 0 aliphatic rings. The first-order chi connectivity index (χ1) is 14.2. The number of aromatic nitrogens is 1.